The number of rotatable bonds is 2. The Morgan fingerprint density at radius 1 is 1.21 bits per heavy atom. The molecule has 3 aliphatic heterocycles. The van der Waals surface area contributed by atoms with E-state index >= 15 is 0 Å². The lowest BCUT2D eigenvalue weighted by atomic mass is 9.87. The third kappa shape index (κ3) is 3.19. The highest BCUT2D eigenvalue weighted by molar-refractivity contribution is 6.30. The van der Waals surface area contributed by atoms with Crippen LogP contribution in [0.2, 0.25) is 5.15 Å². The molecular formula is C22H23ClN8O2. The van der Waals surface area contributed by atoms with Crippen LogP contribution in [-0.4, -0.2) is 56.5 Å². The number of nitrogens with one attached hydrogen (secondary N) is 3. The standard InChI is InChI=1S/C22H23ClN8O2/c1-12-8-15-14(10-31(12)16-9-17(23)27-18-13(16)2-5-24-18)19(26-11-25-15)30-6-3-22(4-7-30)20(32)28-21(33)29-22/h2,5,9,11-12H,3-4,6-8,10H2,1H3,(H,24,27)(H2,28,29,32,33). The Bertz CT molecular complexity index is 1280. The first kappa shape index (κ1) is 20.2. The van der Waals surface area contributed by atoms with Crippen LogP contribution in [0.1, 0.15) is 31.0 Å². The molecule has 1 unspecified atom stereocenters. The van der Waals surface area contributed by atoms with Crippen LogP contribution in [0.15, 0.2) is 24.7 Å². The maximum absolute atomic E-state index is 12.3. The van der Waals surface area contributed by atoms with Crippen molar-refractivity contribution in [2.24, 2.45) is 0 Å². The van der Waals surface area contributed by atoms with Crippen LogP contribution >= 0.6 is 11.6 Å². The molecule has 2 saturated heterocycles. The van der Waals surface area contributed by atoms with E-state index in [0.29, 0.717) is 37.6 Å². The van der Waals surface area contributed by atoms with Gasteiger partial charge in [-0.3, -0.25) is 10.1 Å². The summed E-state index contributed by atoms with van der Waals surface area (Å²) in [7, 11) is 0. The highest BCUT2D eigenvalue weighted by Gasteiger charge is 2.48. The largest absolute Gasteiger partial charge is 0.363 e. The number of halogens is 1. The molecule has 1 spiro atoms. The van der Waals surface area contributed by atoms with Crippen molar-refractivity contribution in [2.45, 2.75) is 44.3 Å². The molecule has 0 radical (unpaired) electrons. The number of urea groups is 1. The van der Waals surface area contributed by atoms with Gasteiger partial charge in [-0.25, -0.2) is 19.7 Å². The zero-order valence-corrected chi connectivity index (χ0v) is 18.8. The number of carbonyl (C=O) groups is 2. The van der Waals surface area contributed by atoms with Crippen molar-refractivity contribution in [1.82, 2.24) is 30.6 Å². The van der Waals surface area contributed by atoms with Gasteiger partial charge in [0.05, 0.1) is 11.4 Å². The second-order valence-electron chi connectivity index (χ2n) is 8.99. The SMILES string of the molecule is CC1Cc2ncnc(N3CCC4(CC3)NC(=O)NC4=O)c2CN1c1cc(Cl)nc2[nH]ccc12. The minimum atomic E-state index is -0.811. The fourth-order valence-electron chi connectivity index (χ4n) is 5.29. The first-order chi connectivity index (χ1) is 15.9. The fraction of sp³-hybridized carbons (Fsp3) is 0.409. The van der Waals surface area contributed by atoms with Crippen LogP contribution < -0.4 is 20.4 Å². The summed E-state index contributed by atoms with van der Waals surface area (Å²) in [5.74, 6) is 0.656. The van der Waals surface area contributed by atoms with Crippen molar-refractivity contribution < 1.29 is 9.59 Å². The number of nitrogens with zero attached hydrogens (tertiary/aromatic N) is 5. The maximum atomic E-state index is 12.3. The quantitative estimate of drug-likeness (QED) is 0.391. The molecule has 0 bridgehead atoms. The van der Waals surface area contributed by atoms with Gasteiger partial charge in [-0.2, -0.15) is 0 Å². The molecule has 3 aliphatic rings. The lowest BCUT2D eigenvalue weighted by molar-refractivity contribution is -0.124. The van der Waals surface area contributed by atoms with E-state index < -0.39 is 11.6 Å². The molecule has 3 amide bonds. The summed E-state index contributed by atoms with van der Waals surface area (Å²) < 4.78 is 0. The Kier molecular flexibility index (Phi) is 4.48. The Labute approximate surface area is 194 Å². The number of aromatic amines is 1. The summed E-state index contributed by atoms with van der Waals surface area (Å²) in [6.07, 6.45) is 5.35. The van der Waals surface area contributed by atoms with E-state index in [1.165, 1.54) is 0 Å². The number of anilines is 2. The molecule has 10 nitrogen and oxygen atoms in total. The number of piperidine rings is 1. The van der Waals surface area contributed by atoms with E-state index in [9.17, 15) is 9.59 Å². The molecule has 1 atom stereocenters. The Balaban J connectivity index is 1.32. The predicted molar refractivity (Wildman–Crippen MR) is 123 cm³/mol. The summed E-state index contributed by atoms with van der Waals surface area (Å²) in [4.78, 5) is 45.3. The number of pyridine rings is 1. The summed E-state index contributed by atoms with van der Waals surface area (Å²) in [5.41, 5.74) is 3.11. The number of hydrogen-bond acceptors (Lipinski definition) is 7. The van der Waals surface area contributed by atoms with E-state index in [1.807, 2.05) is 18.3 Å². The lowest BCUT2D eigenvalue weighted by Crippen LogP contribution is -2.55. The van der Waals surface area contributed by atoms with Gasteiger partial charge in [-0.15, -0.1) is 0 Å². The van der Waals surface area contributed by atoms with E-state index in [-0.39, 0.29) is 11.9 Å². The molecule has 33 heavy (non-hydrogen) atoms. The van der Waals surface area contributed by atoms with E-state index in [4.69, 9.17) is 11.6 Å². The number of imide groups is 1. The third-order valence-electron chi connectivity index (χ3n) is 7.08. The van der Waals surface area contributed by atoms with Gasteiger partial charge in [-0.1, -0.05) is 11.6 Å². The van der Waals surface area contributed by atoms with Gasteiger partial charge >= 0.3 is 6.03 Å². The first-order valence-corrected chi connectivity index (χ1v) is 11.4. The number of H-pyrrole nitrogens is 1. The van der Waals surface area contributed by atoms with Crippen molar-refractivity contribution >= 4 is 46.1 Å². The van der Waals surface area contributed by atoms with Crippen LogP contribution in [0.4, 0.5) is 16.3 Å². The van der Waals surface area contributed by atoms with Crippen LogP contribution in [-0.2, 0) is 17.8 Å². The Morgan fingerprint density at radius 2 is 2.03 bits per heavy atom. The number of aromatic nitrogens is 4. The van der Waals surface area contributed by atoms with E-state index in [2.05, 4.69) is 47.3 Å². The summed E-state index contributed by atoms with van der Waals surface area (Å²) in [6.45, 7) is 4.07. The molecule has 6 rings (SSSR count). The zero-order chi connectivity index (χ0) is 22.7. The molecule has 0 saturated carbocycles. The van der Waals surface area contributed by atoms with Gasteiger partial charge in [0.2, 0.25) is 0 Å². The van der Waals surface area contributed by atoms with Crippen molar-refractivity contribution in [3.8, 4) is 0 Å². The van der Waals surface area contributed by atoms with E-state index in [0.717, 1.165) is 40.2 Å². The molecule has 2 fully saturated rings. The molecule has 0 aromatic carbocycles. The topological polar surface area (TPSA) is 119 Å². The molecule has 3 aromatic heterocycles. The normalized spacial score (nSPS) is 21.9. The van der Waals surface area contributed by atoms with E-state index in [1.54, 1.807) is 6.33 Å². The number of amides is 3. The molecule has 11 heteroatoms. The monoisotopic (exact) mass is 466 g/mol. The van der Waals surface area contributed by atoms with Crippen LogP contribution in [0.3, 0.4) is 0 Å². The average molecular weight is 467 g/mol. The Hall–Kier alpha value is -3.40. The third-order valence-corrected chi connectivity index (χ3v) is 7.27. The minimum absolute atomic E-state index is 0.221. The smallest absolute Gasteiger partial charge is 0.322 e. The van der Waals surface area contributed by atoms with Crippen molar-refractivity contribution in [3.63, 3.8) is 0 Å². The van der Waals surface area contributed by atoms with Crippen molar-refractivity contribution in [3.05, 3.63) is 41.1 Å². The molecule has 3 N–H and O–H groups in total. The Morgan fingerprint density at radius 3 is 2.79 bits per heavy atom. The number of hydrogen-bond donors (Lipinski definition) is 3. The van der Waals surface area contributed by atoms with Crippen LogP contribution in [0.5, 0.6) is 0 Å². The molecule has 0 aliphatic carbocycles. The second kappa shape index (κ2) is 7.31. The number of carbonyl (C=O) groups excluding carboxylic acids is 2. The summed E-state index contributed by atoms with van der Waals surface area (Å²) in [5, 5.41) is 6.66. The van der Waals surface area contributed by atoms with Crippen molar-refractivity contribution in [2.75, 3.05) is 22.9 Å². The fourth-order valence-corrected chi connectivity index (χ4v) is 5.48. The average Bonchev–Trinajstić information content (AvgIpc) is 3.36. The number of fused-ring (bicyclic) bond motifs is 2. The van der Waals surface area contributed by atoms with Gasteiger partial charge in [-0.05, 0) is 31.9 Å². The highest BCUT2D eigenvalue weighted by Crippen LogP contribution is 2.37. The zero-order valence-electron chi connectivity index (χ0n) is 18.1. The molecule has 3 aromatic rings. The predicted octanol–water partition coefficient (Wildman–Crippen LogP) is 2.14. The van der Waals surface area contributed by atoms with Gasteiger partial charge in [0.15, 0.2) is 0 Å². The maximum Gasteiger partial charge on any atom is 0.322 e. The summed E-state index contributed by atoms with van der Waals surface area (Å²) in [6, 6.07) is 3.74. The summed E-state index contributed by atoms with van der Waals surface area (Å²) >= 11 is 6.33. The van der Waals surface area contributed by atoms with Gasteiger partial charge < -0.3 is 20.1 Å². The highest BCUT2D eigenvalue weighted by atomic mass is 35.5. The van der Waals surface area contributed by atoms with Crippen LogP contribution in [0.25, 0.3) is 11.0 Å². The molecule has 6 heterocycles. The van der Waals surface area contributed by atoms with Gasteiger partial charge in [0, 0.05) is 49.2 Å². The van der Waals surface area contributed by atoms with Crippen molar-refractivity contribution in [1.29, 1.82) is 0 Å². The van der Waals surface area contributed by atoms with Gasteiger partial charge in [0.1, 0.15) is 28.5 Å². The first-order valence-electron chi connectivity index (χ1n) is 11.0. The van der Waals surface area contributed by atoms with Crippen LogP contribution in [0, 0.1) is 0 Å². The second-order valence-corrected chi connectivity index (χ2v) is 9.37. The minimum Gasteiger partial charge on any atom is -0.363 e. The lowest BCUT2D eigenvalue weighted by Gasteiger charge is -2.41. The van der Waals surface area contributed by atoms with Gasteiger partial charge in [0.25, 0.3) is 5.91 Å². The molecule has 170 valence electrons. The molecular weight excluding hydrogens is 444 g/mol.